The maximum Gasteiger partial charge on any atom is 0.407 e. The van der Waals surface area contributed by atoms with Gasteiger partial charge in [0.25, 0.3) is 0 Å². The molecule has 1 aliphatic carbocycles. The molecule has 0 saturated heterocycles. The van der Waals surface area contributed by atoms with E-state index >= 15 is 0 Å². The number of aromatic nitrogens is 2. The summed E-state index contributed by atoms with van der Waals surface area (Å²) >= 11 is 1.49. The molecule has 0 bridgehead atoms. The van der Waals surface area contributed by atoms with Crippen LogP contribution in [0.3, 0.4) is 0 Å². The number of rotatable bonds is 3. The lowest BCUT2D eigenvalue weighted by atomic mass is 10.2. The van der Waals surface area contributed by atoms with E-state index in [1.54, 1.807) is 5.51 Å². The highest BCUT2D eigenvalue weighted by Gasteiger charge is 2.27. The monoisotopic (exact) mass is 284 g/mol. The molecule has 6 nitrogen and oxygen atoms in total. The molecular formula is C12H20N4O2S. The lowest BCUT2D eigenvalue weighted by Crippen LogP contribution is -2.38. The van der Waals surface area contributed by atoms with Crippen molar-refractivity contribution in [2.75, 3.05) is 5.32 Å². The van der Waals surface area contributed by atoms with E-state index in [-0.39, 0.29) is 12.1 Å². The molecule has 1 aromatic heterocycles. The van der Waals surface area contributed by atoms with Crippen LogP contribution in [0.2, 0.25) is 0 Å². The fourth-order valence-electron chi connectivity index (χ4n) is 2.13. The zero-order chi connectivity index (χ0) is 13.9. The van der Waals surface area contributed by atoms with Crippen LogP contribution < -0.4 is 10.6 Å². The average Bonchev–Trinajstić information content (AvgIpc) is 2.88. The zero-order valence-electron chi connectivity index (χ0n) is 11.5. The Labute approximate surface area is 116 Å². The smallest absolute Gasteiger partial charge is 0.407 e. The summed E-state index contributed by atoms with van der Waals surface area (Å²) in [6.45, 7) is 5.59. The van der Waals surface area contributed by atoms with Crippen LogP contribution in [0.1, 0.15) is 40.0 Å². The van der Waals surface area contributed by atoms with Crippen molar-refractivity contribution in [3.05, 3.63) is 5.51 Å². The van der Waals surface area contributed by atoms with E-state index in [4.69, 9.17) is 4.74 Å². The van der Waals surface area contributed by atoms with E-state index in [9.17, 15) is 4.79 Å². The zero-order valence-corrected chi connectivity index (χ0v) is 12.3. The second-order valence-corrected chi connectivity index (χ2v) is 6.57. The van der Waals surface area contributed by atoms with Gasteiger partial charge in [-0.2, -0.15) is 0 Å². The molecule has 0 spiro atoms. The van der Waals surface area contributed by atoms with Crippen LogP contribution in [-0.4, -0.2) is 34.0 Å². The van der Waals surface area contributed by atoms with Gasteiger partial charge in [0.1, 0.15) is 11.1 Å². The Morgan fingerprint density at radius 2 is 2.16 bits per heavy atom. The van der Waals surface area contributed by atoms with Crippen LogP contribution in [0.4, 0.5) is 9.93 Å². The Morgan fingerprint density at radius 1 is 1.42 bits per heavy atom. The second kappa shape index (κ2) is 5.73. The molecule has 1 saturated carbocycles. The van der Waals surface area contributed by atoms with E-state index in [1.165, 1.54) is 11.3 Å². The number of amides is 1. The summed E-state index contributed by atoms with van der Waals surface area (Å²) in [4.78, 5) is 11.7. The minimum Gasteiger partial charge on any atom is -0.444 e. The first-order valence-corrected chi connectivity index (χ1v) is 7.32. The molecule has 0 radical (unpaired) electrons. The molecular weight excluding hydrogens is 264 g/mol. The molecule has 106 valence electrons. The largest absolute Gasteiger partial charge is 0.444 e. The van der Waals surface area contributed by atoms with Crippen molar-refractivity contribution in [1.29, 1.82) is 0 Å². The minimum atomic E-state index is -0.451. The Bertz CT molecular complexity index is 416. The van der Waals surface area contributed by atoms with Crippen LogP contribution >= 0.6 is 11.3 Å². The normalized spacial score (nSPS) is 23.1. The van der Waals surface area contributed by atoms with Crippen molar-refractivity contribution in [2.24, 2.45) is 0 Å². The van der Waals surface area contributed by atoms with Crippen molar-refractivity contribution >= 4 is 22.6 Å². The van der Waals surface area contributed by atoms with Gasteiger partial charge in [-0.25, -0.2) is 4.79 Å². The quantitative estimate of drug-likeness (QED) is 0.891. The van der Waals surface area contributed by atoms with Crippen molar-refractivity contribution < 1.29 is 9.53 Å². The molecule has 1 aromatic rings. The summed E-state index contributed by atoms with van der Waals surface area (Å²) in [7, 11) is 0. The summed E-state index contributed by atoms with van der Waals surface area (Å²) in [5, 5.41) is 14.8. The predicted molar refractivity (Wildman–Crippen MR) is 74.3 cm³/mol. The van der Waals surface area contributed by atoms with Crippen LogP contribution in [0.15, 0.2) is 5.51 Å². The molecule has 19 heavy (non-hydrogen) atoms. The van der Waals surface area contributed by atoms with E-state index in [0.717, 1.165) is 24.4 Å². The first-order chi connectivity index (χ1) is 8.92. The van der Waals surface area contributed by atoms with E-state index in [2.05, 4.69) is 20.8 Å². The van der Waals surface area contributed by atoms with Gasteiger partial charge in [-0.05, 0) is 40.0 Å². The van der Waals surface area contributed by atoms with Gasteiger partial charge in [0, 0.05) is 12.1 Å². The van der Waals surface area contributed by atoms with E-state index < -0.39 is 5.60 Å². The summed E-state index contributed by atoms with van der Waals surface area (Å²) in [5.74, 6) is 0. The van der Waals surface area contributed by atoms with Gasteiger partial charge in [-0.1, -0.05) is 11.3 Å². The molecule has 0 aliphatic heterocycles. The van der Waals surface area contributed by atoms with Crippen molar-refractivity contribution in [2.45, 2.75) is 57.7 Å². The molecule has 0 aromatic carbocycles. The van der Waals surface area contributed by atoms with Crippen molar-refractivity contribution in [3.8, 4) is 0 Å². The summed E-state index contributed by atoms with van der Waals surface area (Å²) in [6, 6.07) is 0.508. The Morgan fingerprint density at radius 3 is 2.79 bits per heavy atom. The van der Waals surface area contributed by atoms with Gasteiger partial charge in [0.05, 0.1) is 0 Å². The van der Waals surface area contributed by atoms with Crippen LogP contribution in [0.5, 0.6) is 0 Å². The molecule has 2 unspecified atom stereocenters. The molecule has 2 N–H and O–H groups in total. The third-order valence-corrected chi connectivity index (χ3v) is 3.46. The minimum absolute atomic E-state index is 0.167. The lowest BCUT2D eigenvalue weighted by Gasteiger charge is -2.21. The third kappa shape index (κ3) is 4.66. The highest BCUT2D eigenvalue weighted by molar-refractivity contribution is 7.13. The number of alkyl carbamates (subject to hydrolysis) is 1. The number of anilines is 1. The Kier molecular flexibility index (Phi) is 4.24. The molecule has 1 heterocycles. The topological polar surface area (TPSA) is 76.1 Å². The molecule has 1 aliphatic rings. The highest BCUT2D eigenvalue weighted by atomic mass is 32.1. The number of hydrogen-bond donors (Lipinski definition) is 2. The Balaban J connectivity index is 1.74. The highest BCUT2D eigenvalue weighted by Crippen LogP contribution is 2.23. The maximum atomic E-state index is 11.7. The number of nitrogens with zero attached hydrogens (tertiary/aromatic N) is 2. The van der Waals surface area contributed by atoms with Gasteiger partial charge in [0.15, 0.2) is 0 Å². The molecule has 2 rings (SSSR count). The SMILES string of the molecule is CC(C)(C)OC(=O)NC1CCC(Nc2nncs2)C1. The first kappa shape index (κ1) is 14.0. The number of nitrogens with one attached hydrogen (secondary N) is 2. The van der Waals surface area contributed by atoms with E-state index in [0.29, 0.717) is 6.04 Å². The van der Waals surface area contributed by atoms with Gasteiger partial charge in [0.2, 0.25) is 5.13 Å². The van der Waals surface area contributed by atoms with Gasteiger partial charge in [-0.3, -0.25) is 0 Å². The van der Waals surface area contributed by atoms with Crippen molar-refractivity contribution in [3.63, 3.8) is 0 Å². The predicted octanol–water partition coefficient (Wildman–Crippen LogP) is 2.40. The number of carbonyl (C=O) groups excluding carboxylic acids is 1. The van der Waals surface area contributed by atoms with Gasteiger partial charge in [-0.15, -0.1) is 10.2 Å². The fourth-order valence-corrected chi connectivity index (χ4v) is 2.65. The number of ether oxygens (including phenoxy) is 1. The summed E-state index contributed by atoms with van der Waals surface area (Å²) in [6.07, 6.45) is 2.52. The standard InChI is InChI=1S/C12H20N4O2S/c1-12(2,3)18-11(17)15-9-5-4-8(6-9)14-10-16-13-7-19-10/h7-9H,4-6H2,1-3H3,(H,14,16)(H,15,17). The summed E-state index contributed by atoms with van der Waals surface area (Å²) < 4.78 is 5.25. The third-order valence-electron chi connectivity index (χ3n) is 2.84. The summed E-state index contributed by atoms with van der Waals surface area (Å²) in [5.41, 5.74) is 1.25. The fraction of sp³-hybridized carbons (Fsp3) is 0.750. The van der Waals surface area contributed by atoms with Crippen LogP contribution in [0, 0.1) is 0 Å². The molecule has 1 amide bonds. The molecule has 7 heteroatoms. The van der Waals surface area contributed by atoms with Crippen LogP contribution in [-0.2, 0) is 4.74 Å². The van der Waals surface area contributed by atoms with Crippen molar-refractivity contribution in [1.82, 2.24) is 15.5 Å². The first-order valence-electron chi connectivity index (χ1n) is 6.44. The second-order valence-electron chi connectivity index (χ2n) is 5.74. The average molecular weight is 284 g/mol. The number of carbonyl (C=O) groups is 1. The molecule has 2 atom stereocenters. The van der Waals surface area contributed by atoms with Gasteiger partial charge >= 0.3 is 6.09 Å². The lowest BCUT2D eigenvalue weighted by molar-refractivity contribution is 0.0505. The maximum absolute atomic E-state index is 11.7. The molecule has 1 fully saturated rings. The van der Waals surface area contributed by atoms with Gasteiger partial charge < -0.3 is 15.4 Å². The van der Waals surface area contributed by atoms with E-state index in [1.807, 2.05) is 20.8 Å². The Hall–Kier alpha value is -1.37. The van der Waals surface area contributed by atoms with Crippen LogP contribution in [0.25, 0.3) is 0 Å². The number of hydrogen-bond acceptors (Lipinski definition) is 6.